The van der Waals surface area contributed by atoms with E-state index in [1.54, 1.807) is 28.4 Å². The van der Waals surface area contributed by atoms with Crippen molar-refractivity contribution in [1.29, 1.82) is 0 Å². The smallest absolute Gasteiger partial charge is 0.265 e. The van der Waals surface area contributed by atoms with Crippen LogP contribution in [-0.4, -0.2) is 20.7 Å². The van der Waals surface area contributed by atoms with E-state index in [-0.39, 0.29) is 5.91 Å². The molecule has 1 N–H and O–H groups in total. The van der Waals surface area contributed by atoms with Gasteiger partial charge in [-0.25, -0.2) is 9.67 Å². The highest BCUT2D eigenvalue weighted by Gasteiger charge is 2.21. The maximum Gasteiger partial charge on any atom is 0.265 e. The lowest BCUT2D eigenvalue weighted by molar-refractivity contribution is 0.103. The summed E-state index contributed by atoms with van der Waals surface area (Å²) in [6.07, 6.45) is 7.19. The molecule has 0 saturated heterocycles. The number of fused-ring (bicyclic) bond motifs is 3. The van der Waals surface area contributed by atoms with E-state index in [0.717, 1.165) is 17.7 Å². The summed E-state index contributed by atoms with van der Waals surface area (Å²) in [5.74, 6) is 0.613. The average Bonchev–Trinajstić information content (AvgIpc) is 3.38. The molecule has 0 bridgehead atoms. The fourth-order valence-corrected chi connectivity index (χ4v) is 4.54. The van der Waals surface area contributed by atoms with Crippen molar-refractivity contribution in [3.05, 3.63) is 83.1 Å². The number of nitrogens with zero attached hydrogens (tertiary/aromatic N) is 3. The van der Waals surface area contributed by atoms with E-state index in [0.29, 0.717) is 11.5 Å². The van der Waals surface area contributed by atoms with Gasteiger partial charge < -0.3 is 5.32 Å². The lowest BCUT2D eigenvalue weighted by Crippen LogP contribution is -2.10. The van der Waals surface area contributed by atoms with Gasteiger partial charge in [-0.1, -0.05) is 24.3 Å². The first-order valence-corrected chi connectivity index (χ1v) is 9.58. The largest absolute Gasteiger partial charge is 0.320 e. The Morgan fingerprint density at radius 2 is 1.96 bits per heavy atom. The summed E-state index contributed by atoms with van der Waals surface area (Å²) in [5, 5.41) is 7.09. The number of aryl methyl sites for hydroxylation is 2. The van der Waals surface area contributed by atoms with Crippen LogP contribution < -0.4 is 5.32 Å². The molecule has 1 aliphatic carbocycles. The summed E-state index contributed by atoms with van der Waals surface area (Å²) >= 11 is 1.56. The molecule has 3 aromatic heterocycles. The fourth-order valence-electron chi connectivity index (χ4n) is 3.38. The van der Waals surface area contributed by atoms with E-state index in [9.17, 15) is 4.79 Å². The van der Waals surface area contributed by atoms with Gasteiger partial charge in [0.2, 0.25) is 0 Å². The highest BCUT2D eigenvalue weighted by molar-refractivity contribution is 7.17. The van der Waals surface area contributed by atoms with Crippen LogP contribution >= 0.6 is 11.3 Å². The molecule has 4 aromatic rings. The summed E-state index contributed by atoms with van der Waals surface area (Å²) in [4.78, 5) is 19.0. The number of benzene rings is 1. The number of carbonyl (C=O) groups is 1. The first-order chi connectivity index (χ1) is 13.3. The Morgan fingerprint density at radius 1 is 1.07 bits per heavy atom. The number of rotatable bonds is 3. The Morgan fingerprint density at radius 3 is 2.78 bits per heavy atom. The van der Waals surface area contributed by atoms with Gasteiger partial charge in [-0.3, -0.25) is 4.79 Å². The molecule has 0 radical (unpaired) electrons. The summed E-state index contributed by atoms with van der Waals surface area (Å²) in [6.45, 7) is 0. The van der Waals surface area contributed by atoms with Crippen LogP contribution in [0.15, 0.2) is 67.1 Å². The quantitative estimate of drug-likeness (QED) is 0.582. The van der Waals surface area contributed by atoms with E-state index in [2.05, 4.69) is 39.7 Å². The molecule has 0 saturated carbocycles. The predicted molar refractivity (Wildman–Crippen MR) is 106 cm³/mol. The first kappa shape index (κ1) is 16.0. The predicted octanol–water partition coefficient (Wildman–Crippen LogP) is 4.35. The van der Waals surface area contributed by atoms with Gasteiger partial charge in [0.05, 0.1) is 16.8 Å². The zero-order chi connectivity index (χ0) is 18.2. The van der Waals surface area contributed by atoms with Crippen molar-refractivity contribution in [2.75, 3.05) is 5.32 Å². The van der Waals surface area contributed by atoms with Crippen molar-refractivity contribution in [2.24, 2.45) is 0 Å². The molecule has 0 atom stereocenters. The van der Waals surface area contributed by atoms with Gasteiger partial charge in [-0.2, -0.15) is 5.10 Å². The summed E-state index contributed by atoms with van der Waals surface area (Å²) in [5.41, 5.74) is 4.55. The molecule has 5 rings (SSSR count). The molecule has 27 heavy (non-hydrogen) atoms. The SMILES string of the molecule is O=C(Nc1ccc(-n2cccn2)nc1)c1cc2c(s1)-c1ccccc1CC2. The number of aromatic nitrogens is 3. The van der Waals surface area contributed by atoms with Crippen molar-refractivity contribution >= 4 is 22.9 Å². The summed E-state index contributed by atoms with van der Waals surface area (Å²) in [7, 11) is 0. The molecule has 0 aliphatic heterocycles. The van der Waals surface area contributed by atoms with E-state index < -0.39 is 0 Å². The second-order valence-corrected chi connectivity index (χ2v) is 7.48. The van der Waals surface area contributed by atoms with Crippen LogP contribution in [0.2, 0.25) is 0 Å². The van der Waals surface area contributed by atoms with Crippen molar-refractivity contribution in [2.45, 2.75) is 12.8 Å². The molecule has 0 fully saturated rings. The number of nitrogens with one attached hydrogen (secondary N) is 1. The third-order valence-electron chi connectivity index (χ3n) is 4.70. The zero-order valence-corrected chi connectivity index (χ0v) is 15.2. The van der Waals surface area contributed by atoms with Crippen LogP contribution in [0.4, 0.5) is 5.69 Å². The van der Waals surface area contributed by atoms with Crippen molar-refractivity contribution in [1.82, 2.24) is 14.8 Å². The normalized spacial score (nSPS) is 12.3. The Balaban J connectivity index is 1.37. The van der Waals surface area contributed by atoms with Gasteiger partial charge >= 0.3 is 0 Å². The molecule has 5 nitrogen and oxygen atoms in total. The Kier molecular flexibility index (Phi) is 3.83. The van der Waals surface area contributed by atoms with Crippen molar-refractivity contribution in [3.8, 4) is 16.3 Å². The third kappa shape index (κ3) is 2.94. The lowest BCUT2D eigenvalue weighted by atomic mass is 9.91. The Bertz CT molecular complexity index is 1110. The average molecular weight is 372 g/mol. The standard InChI is InChI=1S/C21H16N4OS/c26-21(24-16-8-9-19(22-13-16)25-11-3-10-23-25)18-12-15-7-6-14-4-1-2-5-17(14)20(15)27-18/h1-5,8-13H,6-7H2,(H,24,26). The maximum absolute atomic E-state index is 12.7. The van der Waals surface area contributed by atoms with Crippen LogP contribution in [0, 0.1) is 0 Å². The summed E-state index contributed by atoms with van der Waals surface area (Å²) < 4.78 is 1.68. The van der Waals surface area contributed by atoms with Gasteiger partial charge in [0, 0.05) is 17.3 Å². The fraction of sp³-hybridized carbons (Fsp3) is 0.0952. The van der Waals surface area contributed by atoms with E-state index in [1.165, 1.54) is 21.6 Å². The van der Waals surface area contributed by atoms with E-state index >= 15 is 0 Å². The summed E-state index contributed by atoms with van der Waals surface area (Å²) in [6, 6.07) is 16.0. The van der Waals surface area contributed by atoms with Crippen molar-refractivity contribution in [3.63, 3.8) is 0 Å². The van der Waals surface area contributed by atoms with E-state index in [1.807, 2.05) is 30.5 Å². The minimum Gasteiger partial charge on any atom is -0.320 e. The molecule has 0 spiro atoms. The second kappa shape index (κ2) is 6.48. The molecular formula is C21H16N4OS. The number of pyridine rings is 1. The number of thiophene rings is 1. The van der Waals surface area contributed by atoms with E-state index in [4.69, 9.17) is 0 Å². The molecule has 3 heterocycles. The van der Waals surface area contributed by atoms with Crippen LogP contribution in [0.3, 0.4) is 0 Å². The zero-order valence-electron chi connectivity index (χ0n) is 14.4. The van der Waals surface area contributed by atoms with Gasteiger partial charge in [-0.15, -0.1) is 11.3 Å². The van der Waals surface area contributed by atoms with Gasteiger partial charge in [0.25, 0.3) is 5.91 Å². The second-order valence-electron chi connectivity index (χ2n) is 6.43. The molecule has 1 amide bonds. The Labute approximate surface area is 160 Å². The minimum atomic E-state index is -0.0967. The van der Waals surface area contributed by atoms with Crippen LogP contribution in [0.1, 0.15) is 20.8 Å². The highest BCUT2D eigenvalue weighted by Crippen LogP contribution is 2.39. The number of amides is 1. The molecule has 0 unspecified atom stereocenters. The van der Waals surface area contributed by atoms with Crippen LogP contribution in [0.5, 0.6) is 0 Å². The van der Waals surface area contributed by atoms with Gasteiger partial charge in [0.15, 0.2) is 5.82 Å². The molecule has 132 valence electrons. The monoisotopic (exact) mass is 372 g/mol. The Hall–Kier alpha value is -3.25. The third-order valence-corrected chi connectivity index (χ3v) is 5.91. The number of hydrogen-bond acceptors (Lipinski definition) is 4. The van der Waals surface area contributed by atoms with Gasteiger partial charge in [0.1, 0.15) is 0 Å². The van der Waals surface area contributed by atoms with Crippen molar-refractivity contribution < 1.29 is 4.79 Å². The topological polar surface area (TPSA) is 59.8 Å². The molecule has 1 aliphatic rings. The highest BCUT2D eigenvalue weighted by atomic mass is 32.1. The molecular weight excluding hydrogens is 356 g/mol. The molecule has 1 aromatic carbocycles. The molecule has 6 heteroatoms. The van der Waals surface area contributed by atoms with Crippen LogP contribution in [-0.2, 0) is 12.8 Å². The first-order valence-electron chi connectivity index (χ1n) is 8.76. The van der Waals surface area contributed by atoms with Gasteiger partial charge in [-0.05, 0) is 53.8 Å². The number of carbonyl (C=O) groups excluding carboxylic acids is 1. The number of hydrogen-bond donors (Lipinski definition) is 1. The van der Waals surface area contributed by atoms with Crippen LogP contribution in [0.25, 0.3) is 16.3 Å². The number of anilines is 1. The lowest BCUT2D eigenvalue weighted by Gasteiger charge is -2.15. The minimum absolute atomic E-state index is 0.0967. The maximum atomic E-state index is 12.7.